The highest BCUT2D eigenvalue weighted by Gasteiger charge is 2.32. The molecule has 0 aliphatic carbocycles. The van der Waals surface area contributed by atoms with Crippen LogP contribution in [0.2, 0.25) is 0 Å². The Morgan fingerprint density at radius 1 is 0.862 bits per heavy atom. The lowest BCUT2D eigenvalue weighted by Crippen LogP contribution is -2.24. The molecule has 0 aromatic heterocycles. The van der Waals surface area contributed by atoms with Gasteiger partial charge in [0, 0.05) is 29.7 Å². The minimum absolute atomic E-state index is 0.0778. The number of ether oxygens (including phenoxy) is 5. The fraction of sp³-hybridized carbons (Fsp3) is 0.409. The van der Waals surface area contributed by atoms with E-state index in [9.17, 15) is 4.79 Å². The molecule has 1 N–H and O–H groups in total. The van der Waals surface area contributed by atoms with E-state index < -0.39 is 0 Å². The summed E-state index contributed by atoms with van der Waals surface area (Å²) in [6.45, 7) is 4.84. The molecule has 0 bridgehead atoms. The van der Waals surface area contributed by atoms with Crippen LogP contribution in [0.25, 0.3) is 0 Å². The van der Waals surface area contributed by atoms with Crippen molar-refractivity contribution in [2.45, 2.75) is 26.2 Å². The highest BCUT2D eigenvalue weighted by molar-refractivity contribution is 5.96. The summed E-state index contributed by atoms with van der Waals surface area (Å²) in [6, 6.07) is 7.48. The van der Waals surface area contributed by atoms with Gasteiger partial charge in [0.2, 0.25) is 11.7 Å². The summed E-state index contributed by atoms with van der Waals surface area (Å²) in [5.41, 5.74) is 2.48. The van der Waals surface area contributed by atoms with E-state index in [2.05, 4.69) is 5.32 Å². The van der Waals surface area contributed by atoms with Gasteiger partial charge in [-0.1, -0.05) is 6.07 Å². The lowest BCUT2D eigenvalue weighted by atomic mass is 9.83. The van der Waals surface area contributed by atoms with Gasteiger partial charge in [-0.2, -0.15) is 0 Å². The smallest absolute Gasteiger partial charge is 0.225 e. The van der Waals surface area contributed by atoms with Crippen LogP contribution in [-0.4, -0.2) is 40.5 Å². The summed E-state index contributed by atoms with van der Waals surface area (Å²) in [7, 11) is 4.71. The Bertz CT molecular complexity index is 895. The molecule has 0 spiro atoms. The SMILES string of the molecule is CCOc1cc2c(cc1OCC)C(c1ccc(OC)c(OC)c1OC)CC(=O)N2. The quantitative estimate of drug-likeness (QED) is 0.721. The fourth-order valence-electron chi connectivity index (χ4n) is 3.68. The number of benzene rings is 2. The van der Waals surface area contributed by atoms with Gasteiger partial charge in [-0.05, 0) is 31.5 Å². The number of hydrogen-bond donors (Lipinski definition) is 1. The van der Waals surface area contributed by atoms with Crippen molar-refractivity contribution in [2.24, 2.45) is 0 Å². The van der Waals surface area contributed by atoms with Crippen LogP contribution in [0.5, 0.6) is 28.7 Å². The molecule has 7 heteroatoms. The van der Waals surface area contributed by atoms with Crippen LogP contribution < -0.4 is 29.0 Å². The molecule has 2 aromatic rings. The van der Waals surface area contributed by atoms with Gasteiger partial charge < -0.3 is 29.0 Å². The summed E-state index contributed by atoms with van der Waals surface area (Å²) in [5.74, 6) is 2.55. The number of methoxy groups -OCH3 is 3. The zero-order valence-corrected chi connectivity index (χ0v) is 17.5. The summed E-state index contributed by atoms with van der Waals surface area (Å²) >= 11 is 0. The highest BCUT2D eigenvalue weighted by Crippen LogP contribution is 2.49. The lowest BCUT2D eigenvalue weighted by molar-refractivity contribution is -0.116. The number of fused-ring (bicyclic) bond motifs is 1. The molecule has 0 fully saturated rings. The zero-order valence-electron chi connectivity index (χ0n) is 17.5. The summed E-state index contributed by atoms with van der Waals surface area (Å²) in [4.78, 5) is 12.5. The molecule has 2 aromatic carbocycles. The van der Waals surface area contributed by atoms with E-state index in [0.717, 1.165) is 11.1 Å². The first-order valence-corrected chi connectivity index (χ1v) is 9.60. The second kappa shape index (κ2) is 8.94. The first kappa shape index (κ1) is 20.6. The van der Waals surface area contributed by atoms with Crippen molar-refractivity contribution in [3.05, 3.63) is 35.4 Å². The second-order valence-electron chi connectivity index (χ2n) is 6.48. The van der Waals surface area contributed by atoms with Crippen LogP contribution >= 0.6 is 0 Å². The van der Waals surface area contributed by atoms with Crippen LogP contribution in [0.3, 0.4) is 0 Å². The molecule has 1 unspecified atom stereocenters. The lowest BCUT2D eigenvalue weighted by Gasteiger charge is -2.29. The van der Waals surface area contributed by atoms with Gasteiger partial charge in [0.25, 0.3) is 0 Å². The summed E-state index contributed by atoms with van der Waals surface area (Å²) in [5, 5.41) is 2.95. The number of anilines is 1. The molecule has 1 aliphatic rings. The first-order chi connectivity index (χ1) is 14.1. The minimum Gasteiger partial charge on any atom is -0.493 e. The van der Waals surface area contributed by atoms with Gasteiger partial charge in [-0.25, -0.2) is 0 Å². The Morgan fingerprint density at radius 2 is 1.52 bits per heavy atom. The molecular weight excluding hydrogens is 374 g/mol. The van der Waals surface area contributed by atoms with E-state index >= 15 is 0 Å². The van der Waals surface area contributed by atoms with Crippen molar-refractivity contribution in [2.75, 3.05) is 39.9 Å². The van der Waals surface area contributed by atoms with Crippen LogP contribution in [-0.2, 0) is 4.79 Å². The summed E-state index contributed by atoms with van der Waals surface area (Å²) < 4.78 is 28.1. The van der Waals surface area contributed by atoms with Crippen LogP contribution in [0.1, 0.15) is 37.3 Å². The Labute approximate surface area is 170 Å². The molecule has 0 saturated heterocycles. The van der Waals surface area contributed by atoms with E-state index in [-0.39, 0.29) is 18.2 Å². The predicted octanol–water partition coefficient (Wildman–Crippen LogP) is 3.98. The Kier molecular flexibility index (Phi) is 6.36. The zero-order chi connectivity index (χ0) is 21.0. The Morgan fingerprint density at radius 3 is 2.10 bits per heavy atom. The molecule has 7 nitrogen and oxygen atoms in total. The number of amides is 1. The average Bonchev–Trinajstić information content (AvgIpc) is 2.72. The number of carbonyl (C=O) groups is 1. The number of carbonyl (C=O) groups excluding carboxylic acids is 1. The third kappa shape index (κ3) is 3.90. The van der Waals surface area contributed by atoms with E-state index in [1.165, 1.54) is 0 Å². The maximum Gasteiger partial charge on any atom is 0.225 e. The number of hydrogen-bond acceptors (Lipinski definition) is 6. The second-order valence-corrected chi connectivity index (χ2v) is 6.48. The molecule has 0 radical (unpaired) electrons. The van der Waals surface area contributed by atoms with Crippen molar-refractivity contribution in [3.8, 4) is 28.7 Å². The molecule has 0 saturated carbocycles. The third-order valence-electron chi connectivity index (χ3n) is 4.86. The third-order valence-corrected chi connectivity index (χ3v) is 4.86. The van der Waals surface area contributed by atoms with Crippen LogP contribution in [0.4, 0.5) is 5.69 Å². The van der Waals surface area contributed by atoms with Crippen molar-refractivity contribution in [1.82, 2.24) is 0 Å². The molecule has 1 aliphatic heterocycles. The number of nitrogens with one attached hydrogen (secondary N) is 1. The average molecular weight is 401 g/mol. The molecule has 3 rings (SSSR count). The fourth-order valence-corrected chi connectivity index (χ4v) is 3.68. The topological polar surface area (TPSA) is 75.2 Å². The van der Waals surface area contributed by atoms with Gasteiger partial charge in [0.05, 0.1) is 34.5 Å². The molecule has 156 valence electrons. The number of rotatable bonds is 8. The van der Waals surface area contributed by atoms with Crippen molar-refractivity contribution in [3.63, 3.8) is 0 Å². The van der Waals surface area contributed by atoms with Crippen LogP contribution in [0.15, 0.2) is 24.3 Å². The van der Waals surface area contributed by atoms with Gasteiger partial charge in [0.1, 0.15) is 0 Å². The highest BCUT2D eigenvalue weighted by atomic mass is 16.5. The monoisotopic (exact) mass is 401 g/mol. The van der Waals surface area contributed by atoms with Crippen LogP contribution in [0, 0.1) is 0 Å². The maximum absolute atomic E-state index is 12.5. The van der Waals surface area contributed by atoms with Gasteiger partial charge >= 0.3 is 0 Å². The Hall–Kier alpha value is -3.09. The molecule has 29 heavy (non-hydrogen) atoms. The van der Waals surface area contributed by atoms with Gasteiger partial charge in [0.15, 0.2) is 23.0 Å². The minimum atomic E-state index is -0.233. The summed E-state index contributed by atoms with van der Waals surface area (Å²) in [6.07, 6.45) is 0.276. The molecule has 1 atom stereocenters. The predicted molar refractivity (Wildman–Crippen MR) is 110 cm³/mol. The van der Waals surface area contributed by atoms with Crippen molar-refractivity contribution < 1.29 is 28.5 Å². The van der Waals surface area contributed by atoms with Crippen molar-refractivity contribution in [1.29, 1.82) is 0 Å². The van der Waals surface area contributed by atoms with Crippen molar-refractivity contribution >= 4 is 11.6 Å². The molecular formula is C22H27NO6. The van der Waals surface area contributed by atoms with Gasteiger partial charge in [-0.3, -0.25) is 4.79 Å². The molecule has 1 amide bonds. The van der Waals surface area contributed by atoms with E-state index in [0.29, 0.717) is 47.6 Å². The standard InChI is InChI=1S/C22H27NO6/c1-6-28-18-10-15-14(11-20(24)23-16(15)12-19(18)29-7-2)13-8-9-17(25-3)22(27-5)21(13)26-4/h8-10,12,14H,6-7,11H2,1-5H3,(H,23,24). The maximum atomic E-state index is 12.5. The largest absolute Gasteiger partial charge is 0.493 e. The van der Waals surface area contributed by atoms with Gasteiger partial charge in [-0.15, -0.1) is 0 Å². The van der Waals surface area contributed by atoms with E-state index in [4.69, 9.17) is 23.7 Å². The molecule has 1 heterocycles. The normalized spacial score (nSPS) is 15.2. The first-order valence-electron chi connectivity index (χ1n) is 9.60. The Balaban J connectivity index is 2.18. The van der Waals surface area contributed by atoms with E-state index in [1.807, 2.05) is 38.1 Å². The van der Waals surface area contributed by atoms with E-state index in [1.54, 1.807) is 21.3 Å².